The zero-order valence-corrected chi connectivity index (χ0v) is 12.6. The number of amides is 1. The molecule has 2 atom stereocenters. The summed E-state index contributed by atoms with van der Waals surface area (Å²) in [6.45, 7) is 3.51. The highest BCUT2D eigenvalue weighted by atomic mass is 19.1. The molecule has 1 aromatic rings. The van der Waals surface area contributed by atoms with Crippen LogP contribution in [0.15, 0.2) is 18.2 Å². The maximum Gasteiger partial charge on any atom is 0.228 e. The normalized spacial score (nSPS) is 18.3. The summed E-state index contributed by atoms with van der Waals surface area (Å²) in [4.78, 5) is 11.9. The lowest BCUT2D eigenvalue weighted by atomic mass is 10.0. The Morgan fingerprint density at radius 1 is 1.38 bits per heavy atom. The highest BCUT2D eigenvalue weighted by Gasteiger charge is 2.20. The topological polar surface area (TPSA) is 64.4 Å². The maximum absolute atomic E-state index is 14.0. The number of nitrogens with one attached hydrogen (secondary N) is 1. The number of hydrogen-bond acceptors (Lipinski definition) is 3. The largest absolute Gasteiger partial charge is 0.487 e. The van der Waals surface area contributed by atoms with Crippen molar-refractivity contribution in [1.29, 1.82) is 0 Å². The SMILES string of the molecule is CC(N)C(C)C(=O)Nc1ccc(OC2CCCC2)c(F)c1. The van der Waals surface area contributed by atoms with Gasteiger partial charge in [-0.1, -0.05) is 6.92 Å². The molecule has 1 saturated carbocycles. The smallest absolute Gasteiger partial charge is 0.228 e. The molecule has 1 amide bonds. The molecule has 1 fully saturated rings. The summed E-state index contributed by atoms with van der Waals surface area (Å²) in [5.41, 5.74) is 6.10. The molecular weight excluding hydrogens is 271 g/mol. The average molecular weight is 294 g/mol. The number of halogens is 1. The van der Waals surface area contributed by atoms with Crippen LogP contribution in [0.3, 0.4) is 0 Å². The van der Waals surface area contributed by atoms with Crippen molar-refractivity contribution in [2.45, 2.75) is 51.7 Å². The van der Waals surface area contributed by atoms with Gasteiger partial charge in [0.1, 0.15) is 0 Å². The Kier molecular flexibility index (Phi) is 5.17. The zero-order chi connectivity index (χ0) is 15.4. The van der Waals surface area contributed by atoms with Gasteiger partial charge in [-0.2, -0.15) is 0 Å². The van der Waals surface area contributed by atoms with Gasteiger partial charge in [0, 0.05) is 17.8 Å². The summed E-state index contributed by atoms with van der Waals surface area (Å²) >= 11 is 0. The summed E-state index contributed by atoms with van der Waals surface area (Å²) in [6.07, 6.45) is 4.33. The van der Waals surface area contributed by atoms with E-state index in [2.05, 4.69) is 5.32 Å². The van der Waals surface area contributed by atoms with Gasteiger partial charge in [-0.25, -0.2) is 4.39 Å². The van der Waals surface area contributed by atoms with Crippen LogP contribution in [0.1, 0.15) is 39.5 Å². The fourth-order valence-corrected chi connectivity index (χ4v) is 2.35. The van der Waals surface area contributed by atoms with E-state index < -0.39 is 5.82 Å². The van der Waals surface area contributed by atoms with E-state index in [1.165, 1.54) is 6.07 Å². The lowest BCUT2D eigenvalue weighted by molar-refractivity contribution is -0.119. The molecule has 3 N–H and O–H groups in total. The third-order valence-electron chi connectivity index (χ3n) is 4.00. The third kappa shape index (κ3) is 4.17. The van der Waals surface area contributed by atoms with E-state index in [9.17, 15) is 9.18 Å². The highest BCUT2D eigenvalue weighted by molar-refractivity contribution is 5.92. The lowest BCUT2D eigenvalue weighted by Crippen LogP contribution is -2.34. The first-order chi connectivity index (χ1) is 9.97. The van der Waals surface area contributed by atoms with Crippen molar-refractivity contribution in [3.8, 4) is 5.75 Å². The predicted octanol–water partition coefficient (Wildman–Crippen LogP) is 3.07. The molecule has 0 bridgehead atoms. The maximum atomic E-state index is 14.0. The molecule has 0 radical (unpaired) electrons. The molecule has 2 unspecified atom stereocenters. The van der Waals surface area contributed by atoms with Crippen LogP contribution in [-0.2, 0) is 4.79 Å². The number of carbonyl (C=O) groups is 1. The molecule has 21 heavy (non-hydrogen) atoms. The van der Waals surface area contributed by atoms with Crippen molar-refractivity contribution >= 4 is 11.6 Å². The minimum Gasteiger partial charge on any atom is -0.487 e. The van der Waals surface area contributed by atoms with Crippen LogP contribution in [0.2, 0.25) is 0 Å². The second kappa shape index (κ2) is 6.89. The first kappa shape index (κ1) is 15.8. The molecule has 116 valence electrons. The van der Waals surface area contributed by atoms with Crippen LogP contribution in [0, 0.1) is 11.7 Å². The molecule has 5 heteroatoms. The van der Waals surface area contributed by atoms with Gasteiger partial charge in [0.25, 0.3) is 0 Å². The van der Waals surface area contributed by atoms with Crippen molar-refractivity contribution in [2.75, 3.05) is 5.32 Å². The van der Waals surface area contributed by atoms with Crippen LogP contribution < -0.4 is 15.8 Å². The number of anilines is 1. The van der Waals surface area contributed by atoms with E-state index in [4.69, 9.17) is 10.5 Å². The Bertz CT molecular complexity index is 499. The molecule has 1 aliphatic carbocycles. The van der Waals surface area contributed by atoms with E-state index in [1.54, 1.807) is 26.0 Å². The van der Waals surface area contributed by atoms with Crippen molar-refractivity contribution < 1.29 is 13.9 Å². The van der Waals surface area contributed by atoms with Gasteiger partial charge in [0.15, 0.2) is 11.6 Å². The van der Waals surface area contributed by atoms with Gasteiger partial charge in [-0.3, -0.25) is 4.79 Å². The predicted molar refractivity (Wildman–Crippen MR) is 80.7 cm³/mol. The van der Waals surface area contributed by atoms with Gasteiger partial charge in [-0.15, -0.1) is 0 Å². The fourth-order valence-electron chi connectivity index (χ4n) is 2.35. The van der Waals surface area contributed by atoms with Crippen LogP contribution in [0.5, 0.6) is 5.75 Å². The van der Waals surface area contributed by atoms with E-state index in [-0.39, 0.29) is 29.7 Å². The van der Waals surface area contributed by atoms with Crippen molar-refractivity contribution in [3.63, 3.8) is 0 Å². The van der Waals surface area contributed by atoms with E-state index in [1.807, 2.05) is 0 Å². The van der Waals surface area contributed by atoms with Gasteiger partial charge in [0.05, 0.1) is 12.0 Å². The minimum atomic E-state index is -0.451. The summed E-state index contributed by atoms with van der Waals surface area (Å²) in [5, 5.41) is 2.67. The number of carbonyl (C=O) groups excluding carboxylic acids is 1. The van der Waals surface area contributed by atoms with Gasteiger partial charge >= 0.3 is 0 Å². The Balaban J connectivity index is 1.99. The first-order valence-electron chi connectivity index (χ1n) is 7.50. The first-order valence-corrected chi connectivity index (χ1v) is 7.50. The monoisotopic (exact) mass is 294 g/mol. The van der Waals surface area contributed by atoms with E-state index in [0.29, 0.717) is 5.69 Å². The number of nitrogens with two attached hydrogens (primary N) is 1. The Hall–Kier alpha value is -1.62. The molecule has 4 nitrogen and oxygen atoms in total. The van der Waals surface area contributed by atoms with E-state index in [0.717, 1.165) is 25.7 Å². The average Bonchev–Trinajstić information content (AvgIpc) is 2.93. The summed E-state index contributed by atoms with van der Waals surface area (Å²) in [6, 6.07) is 4.26. The number of hydrogen-bond donors (Lipinski definition) is 2. The molecule has 1 aliphatic rings. The Morgan fingerprint density at radius 3 is 2.62 bits per heavy atom. The quantitative estimate of drug-likeness (QED) is 0.877. The number of ether oxygens (including phenoxy) is 1. The summed E-state index contributed by atoms with van der Waals surface area (Å²) in [7, 11) is 0. The van der Waals surface area contributed by atoms with Crippen molar-refractivity contribution in [2.24, 2.45) is 11.7 Å². The second-order valence-electron chi connectivity index (χ2n) is 5.81. The molecule has 0 saturated heterocycles. The lowest BCUT2D eigenvalue weighted by Gasteiger charge is -2.17. The molecular formula is C16H23FN2O2. The molecule has 0 heterocycles. The summed E-state index contributed by atoms with van der Waals surface area (Å²) in [5.74, 6) is -0.746. The van der Waals surface area contributed by atoms with Crippen LogP contribution in [-0.4, -0.2) is 18.1 Å². The summed E-state index contributed by atoms with van der Waals surface area (Å²) < 4.78 is 19.7. The molecule has 0 spiro atoms. The number of benzene rings is 1. The van der Waals surface area contributed by atoms with Gasteiger partial charge in [-0.05, 0) is 44.7 Å². The van der Waals surface area contributed by atoms with E-state index >= 15 is 0 Å². The standard InChI is InChI=1S/C16H23FN2O2/c1-10(11(2)18)16(20)19-12-7-8-15(14(17)9-12)21-13-5-3-4-6-13/h7-11,13H,3-6,18H2,1-2H3,(H,19,20). The Morgan fingerprint density at radius 2 is 2.05 bits per heavy atom. The molecule has 1 aromatic carbocycles. The van der Waals surface area contributed by atoms with Crippen LogP contribution in [0.4, 0.5) is 10.1 Å². The van der Waals surface area contributed by atoms with Crippen LogP contribution in [0.25, 0.3) is 0 Å². The molecule has 0 aromatic heterocycles. The molecule has 0 aliphatic heterocycles. The van der Waals surface area contributed by atoms with Gasteiger partial charge < -0.3 is 15.8 Å². The number of rotatable bonds is 5. The fraction of sp³-hybridized carbons (Fsp3) is 0.562. The van der Waals surface area contributed by atoms with Crippen molar-refractivity contribution in [3.05, 3.63) is 24.0 Å². The minimum absolute atomic E-state index is 0.109. The van der Waals surface area contributed by atoms with Gasteiger partial charge in [0.2, 0.25) is 5.91 Å². The highest BCUT2D eigenvalue weighted by Crippen LogP contribution is 2.27. The second-order valence-corrected chi connectivity index (χ2v) is 5.81. The Labute approximate surface area is 124 Å². The molecule has 2 rings (SSSR count). The zero-order valence-electron chi connectivity index (χ0n) is 12.6. The third-order valence-corrected chi connectivity index (χ3v) is 4.00. The van der Waals surface area contributed by atoms with Crippen molar-refractivity contribution in [1.82, 2.24) is 0 Å². The van der Waals surface area contributed by atoms with Crippen LogP contribution >= 0.6 is 0 Å².